The maximum absolute atomic E-state index is 11.7. The average molecular weight is 286 g/mol. The van der Waals surface area contributed by atoms with E-state index in [0.29, 0.717) is 22.5 Å². The predicted octanol–water partition coefficient (Wildman–Crippen LogP) is 3.87. The van der Waals surface area contributed by atoms with Crippen molar-refractivity contribution >= 4 is 29.1 Å². The van der Waals surface area contributed by atoms with Crippen LogP contribution in [0.4, 0.5) is 0 Å². The van der Waals surface area contributed by atoms with Crippen LogP contribution in [0.1, 0.15) is 31.7 Å². The van der Waals surface area contributed by atoms with E-state index in [1.807, 2.05) is 25.1 Å². The Bertz CT molecular complexity index is 441. The summed E-state index contributed by atoms with van der Waals surface area (Å²) in [6.45, 7) is 4.69. The largest absolute Gasteiger partial charge is 0.355 e. The smallest absolute Gasteiger partial charge is 0.223 e. The van der Waals surface area contributed by atoms with Crippen molar-refractivity contribution in [2.45, 2.75) is 26.2 Å². The molecule has 0 saturated heterocycles. The lowest BCUT2D eigenvalue weighted by Crippen LogP contribution is -2.29. The second kappa shape index (κ2) is 5.50. The van der Waals surface area contributed by atoms with Crippen molar-refractivity contribution in [1.29, 1.82) is 0 Å². The summed E-state index contributed by atoms with van der Waals surface area (Å²) in [5.41, 5.74) is 0.907. The summed E-state index contributed by atoms with van der Waals surface area (Å²) >= 11 is 12.3. The van der Waals surface area contributed by atoms with Gasteiger partial charge in [-0.25, -0.2) is 0 Å². The lowest BCUT2D eigenvalue weighted by atomic mass is 10.0. The summed E-state index contributed by atoms with van der Waals surface area (Å²) in [7, 11) is 0. The van der Waals surface area contributed by atoms with Gasteiger partial charge in [0, 0.05) is 28.4 Å². The van der Waals surface area contributed by atoms with E-state index in [1.54, 1.807) is 0 Å². The van der Waals surface area contributed by atoms with Gasteiger partial charge in [0.05, 0.1) is 0 Å². The Hall–Kier alpha value is -0.730. The Kier molecular flexibility index (Phi) is 4.18. The van der Waals surface area contributed by atoms with Crippen LogP contribution in [-0.4, -0.2) is 12.5 Å². The fourth-order valence-electron chi connectivity index (χ4n) is 2.16. The maximum Gasteiger partial charge on any atom is 0.223 e. The third kappa shape index (κ3) is 2.99. The first kappa shape index (κ1) is 13.7. The van der Waals surface area contributed by atoms with Gasteiger partial charge in [-0.2, -0.15) is 0 Å². The number of carbonyl (C=O) groups excluding carboxylic acids is 1. The number of hydrogen-bond acceptors (Lipinski definition) is 1. The summed E-state index contributed by atoms with van der Waals surface area (Å²) < 4.78 is 0. The molecule has 4 heteroatoms. The van der Waals surface area contributed by atoms with Crippen LogP contribution in [0, 0.1) is 11.8 Å². The van der Waals surface area contributed by atoms with Crippen molar-refractivity contribution in [3.05, 3.63) is 33.8 Å². The molecule has 0 bridgehead atoms. The zero-order valence-electron chi connectivity index (χ0n) is 10.5. The fraction of sp³-hybridized carbons (Fsp3) is 0.500. The molecule has 18 heavy (non-hydrogen) atoms. The van der Waals surface area contributed by atoms with Crippen LogP contribution in [0.2, 0.25) is 10.0 Å². The Labute approximate surface area is 118 Å². The number of benzene rings is 1. The molecule has 2 nitrogen and oxygen atoms in total. The standard InChI is InChI=1S/C14H17Cl2NO/c1-8-6-10(8)14(18)17-7-9(2)13-11(15)4-3-5-12(13)16/h3-5,8-10H,6-7H2,1-2H3,(H,17,18)/t8-,9+,10+/m0/s1. The minimum absolute atomic E-state index is 0.115. The van der Waals surface area contributed by atoms with Gasteiger partial charge in [-0.15, -0.1) is 0 Å². The molecule has 0 aliphatic heterocycles. The van der Waals surface area contributed by atoms with E-state index in [4.69, 9.17) is 23.2 Å². The van der Waals surface area contributed by atoms with E-state index >= 15 is 0 Å². The molecule has 0 aromatic heterocycles. The van der Waals surface area contributed by atoms with E-state index in [-0.39, 0.29) is 17.7 Å². The molecule has 98 valence electrons. The quantitative estimate of drug-likeness (QED) is 0.894. The summed E-state index contributed by atoms with van der Waals surface area (Å²) in [5, 5.41) is 4.28. The Morgan fingerprint density at radius 2 is 2.00 bits per heavy atom. The maximum atomic E-state index is 11.7. The number of amides is 1. The molecule has 0 heterocycles. The highest BCUT2D eigenvalue weighted by Crippen LogP contribution is 2.38. The summed E-state index contributed by atoms with van der Waals surface area (Å²) in [4.78, 5) is 11.7. The molecular formula is C14H17Cl2NO. The van der Waals surface area contributed by atoms with Gasteiger partial charge in [0.25, 0.3) is 0 Å². The van der Waals surface area contributed by atoms with E-state index in [9.17, 15) is 4.79 Å². The van der Waals surface area contributed by atoms with Crippen molar-refractivity contribution in [3.63, 3.8) is 0 Å². The molecule has 1 fully saturated rings. The molecule has 1 saturated carbocycles. The SMILES string of the molecule is C[C@H](CNC(=O)[C@@H]1C[C@@H]1C)c1c(Cl)cccc1Cl. The van der Waals surface area contributed by atoms with Gasteiger partial charge in [0.2, 0.25) is 5.91 Å². The van der Waals surface area contributed by atoms with Crippen molar-refractivity contribution in [3.8, 4) is 0 Å². The van der Waals surface area contributed by atoms with Gasteiger partial charge in [0.1, 0.15) is 0 Å². The van der Waals surface area contributed by atoms with Crippen LogP contribution < -0.4 is 5.32 Å². The summed E-state index contributed by atoms with van der Waals surface area (Å²) in [6.07, 6.45) is 1.01. The first-order valence-corrected chi connectivity index (χ1v) is 6.98. The van der Waals surface area contributed by atoms with E-state index < -0.39 is 0 Å². The Morgan fingerprint density at radius 3 is 2.50 bits per heavy atom. The number of rotatable bonds is 4. The monoisotopic (exact) mass is 285 g/mol. The third-order valence-electron chi connectivity index (χ3n) is 3.52. The molecule has 1 aromatic rings. The molecule has 3 atom stereocenters. The molecule has 1 aliphatic rings. The molecule has 0 unspecified atom stereocenters. The summed E-state index contributed by atoms with van der Waals surface area (Å²) in [6, 6.07) is 5.47. The van der Waals surface area contributed by atoms with Crippen LogP contribution in [0.15, 0.2) is 18.2 Å². The topological polar surface area (TPSA) is 29.1 Å². The number of nitrogens with one attached hydrogen (secondary N) is 1. The molecule has 0 radical (unpaired) electrons. The van der Waals surface area contributed by atoms with Gasteiger partial charge < -0.3 is 5.32 Å². The second-order valence-corrected chi connectivity index (χ2v) is 5.92. The molecule has 0 spiro atoms. The van der Waals surface area contributed by atoms with Crippen molar-refractivity contribution in [1.82, 2.24) is 5.32 Å². The van der Waals surface area contributed by atoms with Gasteiger partial charge in [-0.05, 0) is 30.0 Å². The second-order valence-electron chi connectivity index (χ2n) is 5.10. The van der Waals surface area contributed by atoms with Crippen molar-refractivity contribution in [2.75, 3.05) is 6.54 Å². The zero-order valence-corrected chi connectivity index (χ0v) is 12.1. The van der Waals surface area contributed by atoms with Gasteiger partial charge >= 0.3 is 0 Å². The van der Waals surface area contributed by atoms with E-state index in [0.717, 1.165) is 12.0 Å². The normalized spacial score (nSPS) is 23.6. The lowest BCUT2D eigenvalue weighted by Gasteiger charge is -2.16. The van der Waals surface area contributed by atoms with Crippen LogP contribution in [-0.2, 0) is 4.79 Å². The highest BCUT2D eigenvalue weighted by molar-refractivity contribution is 6.36. The Balaban J connectivity index is 1.95. The molecule has 1 aromatic carbocycles. The molecule has 1 N–H and O–H groups in total. The molecule has 1 amide bonds. The van der Waals surface area contributed by atoms with Crippen LogP contribution in [0.3, 0.4) is 0 Å². The zero-order chi connectivity index (χ0) is 13.3. The third-order valence-corrected chi connectivity index (χ3v) is 4.18. The Morgan fingerprint density at radius 1 is 1.44 bits per heavy atom. The predicted molar refractivity (Wildman–Crippen MR) is 75.2 cm³/mol. The number of hydrogen-bond donors (Lipinski definition) is 1. The number of halogens is 2. The molecule has 2 rings (SSSR count). The van der Waals surface area contributed by atoms with Crippen LogP contribution in [0.5, 0.6) is 0 Å². The highest BCUT2D eigenvalue weighted by atomic mass is 35.5. The minimum atomic E-state index is 0.115. The van der Waals surface area contributed by atoms with E-state index in [1.165, 1.54) is 0 Å². The average Bonchev–Trinajstić information content (AvgIpc) is 3.03. The van der Waals surface area contributed by atoms with Crippen LogP contribution in [0.25, 0.3) is 0 Å². The van der Waals surface area contributed by atoms with Crippen LogP contribution >= 0.6 is 23.2 Å². The first-order valence-electron chi connectivity index (χ1n) is 6.22. The van der Waals surface area contributed by atoms with Crippen molar-refractivity contribution in [2.24, 2.45) is 11.8 Å². The van der Waals surface area contributed by atoms with Gasteiger partial charge in [0.15, 0.2) is 0 Å². The van der Waals surface area contributed by atoms with Gasteiger partial charge in [-0.3, -0.25) is 4.79 Å². The number of carbonyl (C=O) groups is 1. The summed E-state index contributed by atoms with van der Waals surface area (Å²) in [5.74, 6) is 1.00. The lowest BCUT2D eigenvalue weighted by molar-refractivity contribution is -0.122. The molecule has 1 aliphatic carbocycles. The van der Waals surface area contributed by atoms with E-state index in [2.05, 4.69) is 12.2 Å². The van der Waals surface area contributed by atoms with Gasteiger partial charge in [-0.1, -0.05) is 43.1 Å². The highest BCUT2D eigenvalue weighted by Gasteiger charge is 2.38. The molecular weight excluding hydrogens is 269 g/mol. The minimum Gasteiger partial charge on any atom is -0.355 e. The fourth-order valence-corrected chi connectivity index (χ4v) is 2.93. The first-order chi connectivity index (χ1) is 8.50. The van der Waals surface area contributed by atoms with Crippen molar-refractivity contribution < 1.29 is 4.79 Å².